The number of rotatable bonds is 8. The molecular weight excluding hydrogens is 362 g/mol. The van der Waals surface area contributed by atoms with E-state index in [1.54, 1.807) is 0 Å². The van der Waals surface area contributed by atoms with Gasteiger partial charge in [-0.1, -0.05) is 29.8 Å². The third-order valence-corrected chi connectivity index (χ3v) is 5.75. The number of benzene rings is 1. The van der Waals surface area contributed by atoms with Gasteiger partial charge in [-0.15, -0.1) is 0 Å². The van der Waals surface area contributed by atoms with Crippen LogP contribution in [0.25, 0.3) is 0 Å². The fourth-order valence-corrected chi connectivity index (χ4v) is 4.01. The average Bonchev–Trinajstić information content (AvgIpc) is 3.45. The molecule has 1 amide bonds. The zero-order valence-corrected chi connectivity index (χ0v) is 17.4. The van der Waals surface area contributed by atoms with Gasteiger partial charge in [-0.25, -0.2) is 9.97 Å². The van der Waals surface area contributed by atoms with Crippen LogP contribution in [0, 0.1) is 6.92 Å². The molecule has 0 bridgehead atoms. The maximum Gasteiger partial charge on any atom is 0.234 e. The highest BCUT2D eigenvalue weighted by atomic mass is 16.2. The summed E-state index contributed by atoms with van der Waals surface area (Å²) in [6.45, 7) is 4.60. The molecule has 4 rings (SSSR count). The number of carbonyl (C=O) groups is 1. The first kappa shape index (κ1) is 19.8. The first-order valence-electron chi connectivity index (χ1n) is 10.7. The second-order valence-electron chi connectivity index (χ2n) is 8.35. The molecule has 1 aliphatic carbocycles. The van der Waals surface area contributed by atoms with Gasteiger partial charge in [0, 0.05) is 31.1 Å². The second kappa shape index (κ2) is 8.91. The zero-order valence-electron chi connectivity index (χ0n) is 17.4. The Kier molecular flexibility index (Phi) is 6.09. The number of hydrogen-bond donors (Lipinski definition) is 2. The normalized spacial score (nSPS) is 17.9. The van der Waals surface area contributed by atoms with Crippen LogP contribution in [0.4, 0.5) is 5.82 Å². The van der Waals surface area contributed by atoms with Crippen molar-refractivity contribution in [3.63, 3.8) is 0 Å². The minimum absolute atomic E-state index is 0.0868. The SMILES string of the molecule is CNc1cc(C[C@@H](NC(=O)CN2CCCC2)c2cccc(C)c2)nc(C2CC2)n1. The van der Waals surface area contributed by atoms with E-state index in [0.717, 1.165) is 36.0 Å². The summed E-state index contributed by atoms with van der Waals surface area (Å²) >= 11 is 0. The highest BCUT2D eigenvalue weighted by Crippen LogP contribution is 2.38. The number of nitrogens with one attached hydrogen (secondary N) is 2. The summed E-state index contributed by atoms with van der Waals surface area (Å²) in [4.78, 5) is 24.5. The average molecular weight is 394 g/mol. The van der Waals surface area contributed by atoms with E-state index < -0.39 is 0 Å². The van der Waals surface area contributed by atoms with Crippen LogP contribution in [0.5, 0.6) is 0 Å². The Bertz CT molecular complexity index is 858. The van der Waals surface area contributed by atoms with E-state index in [2.05, 4.69) is 51.7 Å². The van der Waals surface area contributed by atoms with Gasteiger partial charge in [-0.2, -0.15) is 0 Å². The van der Waals surface area contributed by atoms with Crippen LogP contribution in [0.15, 0.2) is 30.3 Å². The van der Waals surface area contributed by atoms with E-state index in [1.807, 2.05) is 13.1 Å². The Morgan fingerprint density at radius 2 is 2.00 bits per heavy atom. The van der Waals surface area contributed by atoms with Gasteiger partial charge in [0.15, 0.2) is 0 Å². The summed E-state index contributed by atoms with van der Waals surface area (Å²) < 4.78 is 0. The minimum Gasteiger partial charge on any atom is -0.373 e. The third-order valence-electron chi connectivity index (χ3n) is 5.75. The van der Waals surface area contributed by atoms with Gasteiger partial charge in [-0.3, -0.25) is 9.69 Å². The van der Waals surface area contributed by atoms with Crippen molar-refractivity contribution >= 4 is 11.7 Å². The van der Waals surface area contributed by atoms with E-state index >= 15 is 0 Å². The maximum atomic E-state index is 12.8. The third kappa shape index (κ3) is 5.32. The molecule has 6 heteroatoms. The van der Waals surface area contributed by atoms with Crippen molar-refractivity contribution < 1.29 is 4.79 Å². The van der Waals surface area contributed by atoms with Crippen molar-refractivity contribution in [1.82, 2.24) is 20.2 Å². The van der Waals surface area contributed by atoms with Gasteiger partial charge in [-0.05, 0) is 51.3 Å². The van der Waals surface area contributed by atoms with E-state index in [1.165, 1.54) is 31.2 Å². The van der Waals surface area contributed by atoms with Crippen LogP contribution in [0.3, 0.4) is 0 Å². The fraction of sp³-hybridized carbons (Fsp3) is 0.522. The summed E-state index contributed by atoms with van der Waals surface area (Å²) in [7, 11) is 1.89. The predicted octanol–water partition coefficient (Wildman–Crippen LogP) is 3.20. The predicted molar refractivity (Wildman–Crippen MR) is 115 cm³/mol. The minimum atomic E-state index is -0.100. The lowest BCUT2D eigenvalue weighted by Gasteiger charge is -2.22. The Balaban J connectivity index is 1.55. The van der Waals surface area contributed by atoms with E-state index in [4.69, 9.17) is 4.98 Å². The Hall–Kier alpha value is -2.47. The van der Waals surface area contributed by atoms with Crippen LogP contribution in [0.2, 0.25) is 0 Å². The van der Waals surface area contributed by atoms with E-state index in [9.17, 15) is 4.79 Å². The number of aromatic nitrogens is 2. The molecule has 2 heterocycles. The standard InChI is InChI=1S/C23H31N5O/c1-16-6-5-7-18(12-16)20(26-22(29)15-28-10-3-4-11-28)13-19-14-21(24-2)27-23(25-19)17-8-9-17/h5-7,12,14,17,20H,3-4,8-11,13,15H2,1-2H3,(H,26,29)(H,24,25,27)/t20-/m1/s1. The number of amides is 1. The molecule has 1 saturated carbocycles. The molecule has 29 heavy (non-hydrogen) atoms. The van der Waals surface area contributed by atoms with Crippen molar-refractivity contribution in [1.29, 1.82) is 0 Å². The van der Waals surface area contributed by atoms with Crippen molar-refractivity contribution in [2.24, 2.45) is 0 Å². The molecule has 2 aromatic rings. The van der Waals surface area contributed by atoms with Crippen molar-refractivity contribution in [2.45, 2.75) is 51.0 Å². The van der Waals surface area contributed by atoms with Gasteiger partial charge in [0.05, 0.1) is 12.6 Å². The molecule has 1 atom stereocenters. The molecule has 0 radical (unpaired) electrons. The summed E-state index contributed by atoms with van der Waals surface area (Å²) in [5.41, 5.74) is 3.29. The maximum absolute atomic E-state index is 12.8. The van der Waals surface area contributed by atoms with Crippen molar-refractivity contribution in [3.8, 4) is 0 Å². The number of likely N-dealkylation sites (tertiary alicyclic amines) is 1. The summed E-state index contributed by atoms with van der Waals surface area (Å²) in [6.07, 6.45) is 5.37. The van der Waals surface area contributed by atoms with E-state index in [-0.39, 0.29) is 11.9 Å². The molecule has 2 fully saturated rings. The van der Waals surface area contributed by atoms with Gasteiger partial charge in [0.1, 0.15) is 11.6 Å². The van der Waals surface area contributed by atoms with Crippen molar-refractivity contribution in [3.05, 3.63) is 53.0 Å². The summed E-state index contributed by atoms with van der Waals surface area (Å²) in [6, 6.07) is 10.3. The van der Waals surface area contributed by atoms with Gasteiger partial charge in [0.25, 0.3) is 0 Å². The molecule has 2 aliphatic rings. The molecule has 1 aliphatic heterocycles. The van der Waals surface area contributed by atoms with Crippen LogP contribution in [-0.4, -0.2) is 47.5 Å². The first-order chi connectivity index (χ1) is 14.1. The summed E-state index contributed by atoms with van der Waals surface area (Å²) in [5.74, 6) is 2.36. The molecule has 2 N–H and O–H groups in total. The number of hydrogen-bond acceptors (Lipinski definition) is 5. The summed E-state index contributed by atoms with van der Waals surface area (Å²) in [5, 5.41) is 6.43. The molecule has 1 aromatic heterocycles. The van der Waals surface area contributed by atoms with Crippen LogP contribution >= 0.6 is 0 Å². The van der Waals surface area contributed by atoms with Gasteiger partial charge >= 0.3 is 0 Å². The Morgan fingerprint density at radius 3 is 2.69 bits per heavy atom. The number of aryl methyl sites for hydroxylation is 1. The quantitative estimate of drug-likeness (QED) is 0.721. The topological polar surface area (TPSA) is 70.2 Å². The van der Waals surface area contributed by atoms with Crippen LogP contribution < -0.4 is 10.6 Å². The van der Waals surface area contributed by atoms with Gasteiger partial charge < -0.3 is 10.6 Å². The zero-order chi connectivity index (χ0) is 20.2. The lowest BCUT2D eigenvalue weighted by atomic mass is 9.99. The molecular formula is C23H31N5O. The van der Waals surface area contributed by atoms with Crippen molar-refractivity contribution in [2.75, 3.05) is 32.0 Å². The largest absolute Gasteiger partial charge is 0.373 e. The highest BCUT2D eigenvalue weighted by Gasteiger charge is 2.28. The molecule has 1 saturated heterocycles. The number of nitrogens with zero attached hydrogens (tertiary/aromatic N) is 3. The molecule has 6 nitrogen and oxygen atoms in total. The van der Waals surface area contributed by atoms with Gasteiger partial charge in [0.2, 0.25) is 5.91 Å². The van der Waals surface area contributed by atoms with Crippen LogP contribution in [-0.2, 0) is 11.2 Å². The fourth-order valence-electron chi connectivity index (χ4n) is 4.01. The number of anilines is 1. The lowest BCUT2D eigenvalue weighted by Crippen LogP contribution is -2.38. The Labute approximate surface area is 173 Å². The monoisotopic (exact) mass is 393 g/mol. The molecule has 0 spiro atoms. The van der Waals surface area contributed by atoms with E-state index in [0.29, 0.717) is 18.9 Å². The smallest absolute Gasteiger partial charge is 0.234 e. The number of carbonyl (C=O) groups excluding carboxylic acids is 1. The molecule has 154 valence electrons. The second-order valence-corrected chi connectivity index (χ2v) is 8.35. The molecule has 1 aromatic carbocycles. The first-order valence-corrected chi connectivity index (χ1v) is 10.7. The van der Waals surface area contributed by atoms with Crippen LogP contribution in [0.1, 0.15) is 60.3 Å². The molecule has 0 unspecified atom stereocenters. The highest BCUT2D eigenvalue weighted by molar-refractivity contribution is 5.78. The lowest BCUT2D eigenvalue weighted by molar-refractivity contribution is -0.122. The Morgan fingerprint density at radius 1 is 1.21 bits per heavy atom.